The lowest BCUT2D eigenvalue weighted by Gasteiger charge is -2.03. The zero-order valence-corrected chi connectivity index (χ0v) is 5.84. The summed E-state index contributed by atoms with van der Waals surface area (Å²) in [5, 5.41) is 8.07. The highest BCUT2D eigenvalue weighted by molar-refractivity contribution is 4.96. The van der Waals surface area contributed by atoms with E-state index in [9.17, 15) is 8.78 Å². The fraction of sp³-hybridized carbons (Fsp3) is 0.500. The predicted molar refractivity (Wildman–Crippen MR) is 32.1 cm³/mol. The van der Waals surface area contributed by atoms with Crippen LogP contribution in [0.3, 0.4) is 0 Å². The largest absolute Gasteiger partial charge is 0.449 e. The van der Waals surface area contributed by atoms with Gasteiger partial charge in [0, 0.05) is 6.92 Å². The molecule has 1 aromatic rings. The summed E-state index contributed by atoms with van der Waals surface area (Å²) in [5.41, 5.74) is 0.0509. The highest BCUT2D eigenvalue weighted by Gasteiger charge is 2.26. The molecule has 1 heterocycles. The Bertz CT molecular complexity index is 241. The van der Waals surface area contributed by atoms with Crippen LogP contribution in [-0.4, -0.2) is 16.2 Å². The van der Waals surface area contributed by atoms with Gasteiger partial charge in [-0.05, 0) is 0 Å². The molecule has 0 atom stereocenters. The van der Waals surface area contributed by atoms with Crippen molar-refractivity contribution in [2.45, 2.75) is 19.5 Å². The van der Waals surface area contributed by atoms with Crippen molar-refractivity contribution < 1.29 is 18.3 Å². The topological polar surface area (TPSA) is 46.3 Å². The molecule has 3 nitrogen and oxygen atoms in total. The number of alkyl halides is 2. The monoisotopic (exact) mass is 163 g/mol. The van der Waals surface area contributed by atoms with Crippen LogP contribution in [0.1, 0.15) is 11.6 Å². The molecule has 0 aliphatic rings. The van der Waals surface area contributed by atoms with Crippen LogP contribution in [0.2, 0.25) is 0 Å². The van der Waals surface area contributed by atoms with E-state index in [0.717, 1.165) is 6.26 Å². The van der Waals surface area contributed by atoms with Gasteiger partial charge in [-0.2, -0.15) is 8.78 Å². The van der Waals surface area contributed by atoms with E-state index in [1.54, 1.807) is 6.92 Å². The molecule has 1 aromatic heterocycles. The van der Waals surface area contributed by atoms with Gasteiger partial charge >= 0.3 is 6.11 Å². The minimum atomic E-state index is -3.71. The smallest absolute Gasteiger partial charge is 0.359 e. The minimum Gasteiger partial charge on any atom is -0.449 e. The maximum absolute atomic E-state index is 11.9. The summed E-state index contributed by atoms with van der Waals surface area (Å²) >= 11 is 0. The normalized spacial score (nSPS) is 12.0. The summed E-state index contributed by atoms with van der Waals surface area (Å²) in [6.45, 7) is 1.54. The molecule has 1 rings (SSSR count). The number of nitrogens with zero attached hydrogens (tertiary/aromatic N) is 1. The summed E-state index contributed by atoms with van der Waals surface area (Å²) in [5.74, 6) is 0.309. The summed E-state index contributed by atoms with van der Waals surface area (Å²) in [7, 11) is 0. The Morgan fingerprint density at radius 3 is 2.73 bits per heavy atom. The first-order valence-corrected chi connectivity index (χ1v) is 2.98. The van der Waals surface area contributed by atoms with Gasteiger partial charge in [0.05, 0.1) is 12.1 Å². The van der Waals surface area contributed by atoms with Crippen LogP contribution in [0.4, 0.5) is 8.78 Å². The lowest BCUT2D eigenvalue weighted by Crippen LogP contribution is -2.17. The van der Waals surface area contributed by atoms with Crippen LogP contribution < -0.4 is 0 Å². The molecule has 0 amide bonds. The van der Waals surface area contributed by atoms with Gasteiger partial charge < -0.3 is 9.52 Å². The van der Waals surface area contributed by atoms with Crippen molar-refractivity contribution in [2.75, 3.05) is 0 Å². The molecule has 5 heteroatoms. The Balaban J connectivity index is 2.65. The maximum Gasteiger partial charge on any atom is 0.359 e. The average Bonchev–Trinajstić information content (AvgIpc) is 2.10. The van der Waals surface area contributed by atoms with E-state index < -0.39 is 12.5 Å². The highest BCUT2D eigenvalue weighted by atomic mass is 19.3. The number of rotatable bonds is 2. The van der Waals surface area contributed by atoms with E-state index in [4.69, 9.17) is 5.11 Å². The van der Waals surface area contributed by atoms with Gasteiger partial charge in [-0.15, -0.1) is 0 Å². The van der Waals surface area contributed by atoms with E-state index in [0.29, 0.717) is 5.89 Å². The molecule has 0 aromatic carbocycles. The number of hydrogen-bond donors (Lipinski definition) is 1. The number of hydrogen-bond acceptors (Lipinski definition) is 3. The van der Waals surface area contributed by atoms with E-state index in [-0.39, 0.29) is 5.69 Å². The van der Waals surface area contributed by atoms with Crippen LogP contribution in [-0.2, 0) is 6.42 Å². The Labute approximate surface area is 61.7 Å². The van der Waals surface area contributed by atoms with Crippen molar-refractivity contribution in [1.29, 1.82) is 0 Å². The second-order valence-corrected chi connectivity index (χ2v) is 2.20. The fourth-order valence-electron chi connectivity index (χ4n) is 0.707. The zero-order valence-electron chi connectivity index (χ0n) is 5.84. The van der Waals surface area contributed by atoms with Crippen LogP contribution in [0.25, 0.3) is 0 Å². The third-order valence-corrected chi connectivity index (χ3v) is 1.06. The van der Waals surface area contributed by atoms with Crippen LogP contribution in [0.5, 0.6) is 0 Å². The summed E-state index contributed by atoms with van der Waals surface area (Å²) in [6.07, 6.45) is -3.41. The number of halogens is 2. The van der Waals surface area contributed by atoms with Crippen LogP contribution >= 0.6 is 0 Å². The quantitative estimate of drug-likeness (QED) is 0.710. The molecule has 0 fully saturated rings. The third-order valence-electron chi connectivity index (χ3n) is 1.06. The maximum atomic E-state index is 11.9. The molecule has 0 unspecified atom stereocenters. The summed E-state index contributed by atoms with van der Waals surface area (Å²) < 4.78 is 28.4. The SMILES string of the molecule is Cc1nc(CC(O)(F)F)co1. The third kappa shape index (κ3) is 2.63. The molecule has 0 aliphatic heterocycles. The standard InChI is InChI=1S/C6H7F2NO2/c1-4-9-5(3-11-4)2-6(7,8)10/h3,10H,2H2,1H3. The number of aromatic nitrogens is 1. The van der Waals surface area contributed by atoms with Crippen LogP contribution in [0.15, 0.2) is 10.7 Å². The molecule has 11 heavy (non-hydrogen) atoms. The molecule has 62 valence electrons. The molecule has 0 bridgehead atoms. The van der Waals surface area contributed by atoms with E-state index in [1.807, 2.05) is 0 Å². The second-order valence-electron chi connectivity index (χ2n) is 2.20. The van der Waals surface area contributed by atoms with Gasteiger partial charge in [-0.25, -0.2) is 4.98 Å². The van der Waals surface area contributed by atoms with Gasteiger partial charge in [0.1, 0.15) is 6.26 Å². The predicted octanol–water partition coefficient (Wildman–Crippen LogP) is 1.11. The van der Waals surface area contributed by atoms with Gasteiger partial charge in [0.2, 0.25) is 0 Å². The first kappa shape index (κ1) is 8.13. The lowest BCUT2D eigenvalue weighted by molar-refractivity contribution is -0.197. The Morgan fingerprint density at radius 1 is 1.73 bits per heavy atom. The molecular formula is C6H7F2NO2. The van der Waals surface area contributed by atoms with Gasteiger partial charge in [-0.3, -0.25) is 0 Å². The molecule has 0 radical (unpaired) electrons. The second kappa shape index (κ2) is 2.58. The summed E-state index contributed by atoms with van der Waals surface area (Å²) in [4.78, 5) is 3.59. The number of aryl methyl sites for hydroxylation is 1. The van der Waals surface area contributed by atoms with Crippen molar-refractivity contribution in [3.05, 3.63) is 17.8 Å². The van der Waals surface area contributed by atoms with Crippen LogP contribution in [0, 0.1) is 6.92 Å². The molecule has 0 spiro atoms. The number of oxazole rings is 1. The van der Waals surface area contributed by atoms with Crippen molar-refractivity contribution >= 4 is 0 Å². The zero-order chi connectivity index (χ0) is 8.48. The fourth-order valence-corrected chi connectivity index (χ4v) is 0.707. The van der Waals surface area contributed by atoms with E-state index in [2.05, 4.69) is 9.40 Å². The lowest BCUT2D eigenvalue weighted by atomic mass is 10.3. The first-order valence-electron chi connectivity index (χ1n) is 2.98. The van der Waals surface area contributed by atoms with E-state index >= 15 is 0 Å². The molecule has 0 saturated carbocycles. The van der Waals surface area contributed by atoms with Crippen molar-refractivity contribution in [1.82, 2.24) is 4.98 Å². The highest BCUT2D eigenvalue weighted by Crippen LogP contribution is 2.15. The van der Waals surface area contributed by atoms with E-state index in [1.165, 1.54) is 0 Å². The van der Waals surface area contributed by atoms with Crippen molar-refractivity contribution in [2.24, 2.45) is 0 Å². The summed E-state index contributed by atoms with van der Waals surface area (Å²) in [6, 6.07) is 0. The van der Waals surface area contributed by atoms with Gasteiger partial charge in [0.25, 0.3) is 0 Å². The Hall–Kier alpha value is -0.970. The first-order chi connectivity index (χ1) is 4.97. The molecular weight excluding hydrogens is 156 g/mol. The molecule has 1 N–H and O–H groups in total. The Kier molecular flexibility index (Phi) is 1.90. The van der Waals surface area contributed by atoms with Gasteiger partial charge in [0.15, 0.2) is 5.89 Å². The van der Waals surface area contributed by atoms with Gasteiger partial charge in [-0.1, -0.05) is 0 Å². The van der Waals surface area contributed by atoms with Crippen molar-refractivity contribution in [3.63, 3.8) is 0 Å². The van der Waals surface area contributed by atoms with Crippen molar-refractivity contribution in [3.8, 4) is 0 Å². The Morgan fingerprint density at radius 2 is 2.36 bits per heavy atom. The molecule has 0 aliphatic carbocycles. The number of aliphatic hydroxyl groups is 1. The molecule has 0 saturated heterocycles. The minimum absolute atomic E-state index is 0.0509. The average molecular weight is 163 g/mol.